The topological polar surface area (TPSA) is 56.7 Å². The number of aromatic nitrogens is 4. The smallest absolute Gasteiger partial charge is 0.238 e. The second kappa shape index (κ2) is 9.75. The minimum atomic E-state index is 0.556. The minimum absolute atomic E-state index is 0.556. The fourth-order valence-electron chi connectivity index (χ4n) is 6.31. The van der Waals surface area contributed by atoms with Crippen LogP contribution in [-0.2, 0) is 0 Å². The first-order valence-electron chi connectivity index (χ1n) is 14.6. The molecule has 0 amide bonds. The van der Waals surface area contributed by atoms with E-state index in [9.17, 15) is 0 Å². The second-order valence-electron chi connectivity index (χ2n) is 10.9. The lowest BCUT2D eigenvalue weighted by Crippen LogP contribution is -2.06. The Morgan fingerprint density at radius 3 is 1.66 bits per heavy atom. The van der Waals surface area contributed by atoms with E-state index >= 15 is 0 Å². The summed E-state index contributed by atoms with van der Waals surface area (Å²) in [6, 6.07) is 49.6. The van der Waals surface area contributed by atoms with Gasteiger partial charge in [-0.05, 0) is 29.3 Å². The Bertz CT molecular complexity index is 2420. The summed E-state index contributed by atoms with van der Waals surface area (Å²) >= 11 is 0. The highest BCUT2D eigenvalue weighted by Gasteiger charge is 2.24. The minimum Gasteiger partial charge on any atom is -0.456 e. The van der Waals surface area contributed by atoms with E-state index in [-0.39, 0.29) is 0 Å². The Labute approximate surface area is 252 Å². The lowest BCUT2D eigenvalue weighted by molar-refractivity contribution is 0.669. The van der Waals surface area contributed by atoms with Gasteiger partial charge in [-0.2, -0.15) is 9.97 Å². The van der Waals surface area contributed by atoms with Crippen molar-refractivity contribution >= 4 is 43.7 Å². The van der Waals surface area contributed by atoms with E-state index in [1.807, 2.05) is 78.9 Å². The first-order chi connectivity index (χ1) is 21.8. The van der Waals surface area contributed by atoms with Crippen molar-refractivity contribution in [1.29, 1.82) is 0 Å². The molecule has 9 rings (SSSR count). The van der Waals surface area contributed by atoms with Gasteiger partial charge in [0.15, 0.2) is 11.6 Å². The van der Waals surface area contributed by atoms with Gasteiger partial charge in [-0.15, -0.1) is 0 Å². The van der Waals surface area contributed by atoms with Crippen molar-refractivity contribution in [2.45, 2.75) is 0 Å². The summed E-state index contributed by atoms with van der Waals surface area (Å²) in [6.45, 7) is 0. The normalized spacial score (nSPS) is 11.6. The van der Waals surface area contributed by atoms with E-state index in [1.54, 1.807) is 0 Å². The summed E-state index contributed by atoms with van der Waals surface area (Å²) < 4.78 is 8.73. The molecule has 0 saturated carbocycles. The predicted octanol–water partition coefficient (Wildman–Crippen LogP) is 9.87. The predicted molar refractivity (Wildman–Crippen MR) is 178 cm³/mol. The van der Waals surface area contributed by atoms with Crippen LogP contribution >= 0.6 is 0 Å². The van der Waals surface area contributed by atoms with Crippen molar-refractivity contribution in [3.8, 4) is 39.9 Å². The quantitative estimate of drug-likeness (QED) is 0.213. The highest BCUT2D eigenvalue weighted by Crippen LogP contribution is 2.45. The van der Waals surface area contributed by atoms with Gasteiger partial charge in [0, 0.05) is 27.3 Å². The van der Waals surface area contributed by atoms with Gasteiger partial charge in [-0.25, -0.2) is 4.98 Å². The fraction of sp³-hybridized carbons (Fsp3) is 0. The molecule has 0 N–H and O–H groups in total. The van der Waals surface area contributed by atoms with Crippen LogP contribution in [0.2, 0.25) is 0 Å². The maximum absolute atomic E-state index is 6.53. The highest BCUT2D eigenvalue weighted by atomic mass is 16.3. The zero-order valence-corrected chi connectivity index (χ0v) is 23.6. The number of furan rings is 1. The molecule has 44 heavy (non-hydrogen) atoms. The van der Waals surface area contributed by atoms with Crippen LogP contribution in [0, 0.1) is 0 Å². The van der Waals surface area contributed by atoms with Crippen molar-refractivity contribution in [3.05, 3.63) is 146 Å². The van der Waals surface area contributed by atoms with Crippen LogP contribution in [0.15, 0.2) is 150 Å². The molecule has 3 heterocycles. The fourth-order valence-corrected chi connectivity index (χ4v) is 6.31. The van der Waals surface area contributed by atoms with Crippen LogP contribution in [0.4, 0.5) is 0 Å². The third kappa shape index (κ3) is 3.76. The molecule has 5 heteroatoms. The van der Waals surface area contributed by atoms with E-state index in [1.165, 1.54) is 0 Å². The molecule has 0 fully saturated rings. The van der Waals surface area contributed by atoms with Crippen LogP contribution in [-0.4, -0.2) is 19.5 Å². The zero-order chi connectivity index (χ0) is 29.0. The number of fused-ring (bicyclic) bond motifs is 7. The Hall–Kier alpha value is -6.07. The average Bonchev–Trinajstić information content (AvgIpc) is 3.65. The Morgan fingerprint density at radius 1 is 0.455 bits per heavy atom. The van der Waals surface area contributed by atoms with Crippen molar-refractivity contribution in [1.82, 2.24) is 19.5 Å². The number of hydrogen-bond acceptors (Lipinski definition) is 4. The van der Waals surface area contributed by atoms with Gasteiger partial charge in [0.1, 0.15) is 11.2 Å². The van der Waals surface area contributed by atoms with E-state index in [0.29, 0.717) is 17.6 Å². The molecular weight excluding hydrogens is 540 g/mol. The number of benzene rings is 6. The van der Waals surface area contributed by atoms with Crippen LogP contribution in [0.3, 0.4) is 0 Å². The number of para-hydroxylation sites is 2. The monoisotopic (exact) mass is 564 g/mol. The third-order valence-corrected chi connectivity index (χ3v) is 8.25. The molecule has 0 unspecified atom stereocenters. The zero-order valence-electron chi connectivity index (χ0n) is 23.6. The Balaban J connectivity index is 1.49. The van der Waals surface area contributed by atoms with Gasteiger partial charge in [0.05, 0.1) is 16.4 Å². The number of hydrogen-bond donors (Lipinski definition) is 0. The van der Waals surface area contributed by atoms with Gasteiger partial charge >= 0.3 is 0 Å². The van der Waals surface area contributed by atoms with Gasteiger partial charge in [-0.1, -0.05) is 127 Å². The molecule has 206 valence electrons. The molecule has 5 nitrogen and oxygen atoms in total. The second-order valence-corrected chi connectivity index (χ2v) is 10.9. The van der Waals surface area contributed by atoms with E-state index in [2.05, 4.69) is 71.3 Å². The molecule has 0 atom stereocenters. The molecule has 0 spiro atoms. The summed E-state index contributed by atoms with van der Waals surface area (Å²) in [5.74, 6) is 1.79. The molecule has 9 aromatic rings. The van der Waals surface area contributed by atoms with Crippen molar-refractivity contribution < 1.29 is 4.42 Å². The first-order valence-corrected chi connectivity index (χ1v) is 14.6. The molecule has 0 aliphatic carbocycles. The lowest BCUT2D eigenvalue weighted by Gasteiger charge is -2.12. The van der Waals surface area contributed by atoms with Crippen LogP contribution in [0.1, 0.15) is 0 Å². The molecular formula is C39H24N4O. The van der Waals surface area contributed by atoms with Crippen molar-refractivity contribution in [2.75, 3.05) is 0 Å². The summed E-state index contributed by atoms with van der Waals surface area (Å²) in [5.41, 5.74) is 7.77. The number of nitrogens with zero attached hydrogens (tertiary/aromatic N) is 4. The van der Waals surface area contributed by atoms with Crippen molar-refractivity contribution in [3.63, 3.8) is 0 Å². The van der Waals surface area contributed by atoms with E-state index < -0.39 is 0 Å². The van der Waals surface area contributed by atoms with Gasteiger partial charge in [0.25, 0.3) is 0 Å². The maximum Gasteiger partial charge on any atom is 0.238 e. The molecule has 0 radical (unpaired) electrons. The Kier molecular flexibility index (Phi) is 5.43. The van der Waals surface area contributed by atoms with Crippen LogP contribution < -0.4 is 0 Å². The molecule has 3 aromatic heterocycles. The van der Waals surface area contributed by atoms with Gasteiger partial charge in [0.2, 0.25) is 5.95 Å². The largest absolute Gasteiger partial charge is 0.456 e. The maximum atomic E-state index is 6.53. The van der Waals surface area contributed by atoms with Gasteiger partial charge in [-0.3, -0.25) is 4.57 Å². The summed E-state index contributed by atoms with van der Waals surface area (Å²) in [4.78, 5) is 15.3. The third-order valence-electron chi connectivity index (χ3n) is 8.25. The molecule has 0 saturated heterocycles. The Morgan fingerprint density at radius 2 is 1.00 bits per heavy atom. The highest BCUT2D eigenvalue weighted by molar-refractivity contribution is 6.28. The average molecular weight is 565 g/mol. The molecule has 6 aromatic carbocycles. The van der Waals surface area contributed by atoms with Crippen LogP contribution in [0.25, 0.3) is 83.6 Å². The molecule has 0 bridgehead atoms. The standard InChI is InChI=1S/C39H24N4O/c1-4-14-25(15-5-1)30-24-33-35(29-21-11-13-23-32(29)44-33)36-34(30)28-20-10-12-22-31(28)43(36)39-41-37(26-16-6-2-7-17-26)40-38(42-39)27-18-8-3-9-19-27/h1-24H. The van der Waals surface area contributed by atoms with E-state index in [0.717, 1.165) is 66.0 Å². The van der Waals surface area contributed by atoms with Crippen LogP contribution in [0.5, 0.6) is 0 Å². The van der Waals surface area contributed by atoms with E-state index in [4.69, 9.17) is 19.4 Å². The summed E-state index contributed by atoms with van der Waals surface area (Å²) in [5, 5.41) is 4.34. The molecule has 0 aliphatic heterocycles. The number of rotatable bonds is 4. The summed E-state index contributed by atoms with van der Waals surface area (Å²) in [6.07, 6.45) is 0. The van der Waals surface area contributed by atoms with Crippen molar-refractivity contribution in [2.24, 2.45) is 0 Å². The lowest BCUT2D eigenvalue weighted by atomic mass is 9.97. The first kappa shape index (κ1) is 24.5. The summed E-state index contributed by atoms with van der Waals surface area (Å²) in [7, 11) is 0. The van der Waals surface area contributed by atoms with Gasteiger partial charge < -0.3 is 4.42 Å². The molecule has 0 aliphatic rings. The SMILES string of the molecule is c1ccc(-c2nc(-c3ccccc3)nc(-n3c4ccccc4c4c(-c5ccccc5)cc5oc6ccccc6c5c43)n2)cc1.